The number of azo groups is 1. The van der Waals surface area contributed by atoms with E-state index in [1.807, 2.05) is 19.2 Å². The second-order valence-electron chi connectivity index (χ2n) is 3.36. The van der Waals surface area contributed by atoms with Gasteiger partial charge in [-0.25, -0.2) is 10.5 Å². The maximum absolute atomic E-state index is 5.20. The molecule has 0 spiro atoms. The van der Waals surface area contributed by atoms with Crippen LogP contribution in [0.15, 0.2) is 22.4 Å². The highest BCUT2D eigenvalue weighted by molar-refractivity contribution is 5.79. The molecule has 2 heterocycles. The van der Waals surface area contributed by atoms with E-state index in [0.29, 0.717) is 0 Å². The van der Waals surface area contributed by atoms with Crippen molar-refractivity contribution in [3.05, 3.63) is 17.7 Å². The molecule has 1 N–H and O–H groups in total. The van der Waals surface area contributed by atoms with Gasteiger partial charge in [0, 0.05) is 12.6 Å². The quantitative estimate of drug-likeness (QED) is 0.681. The summed E-state index contributed by atoms with van der Waals surface area (Å²) in [6.07, 6.45) is 0.923. The molecule has 0 bridgehead atoms. The number of fused-ring (bicyclic) bond motifs is 3. The fourth-order valence-electron chi connectivity index (χ4n) is 1.80. The molecule has 0 aliphatic carbocycles. The van der Waals surface area contributed by atoms with Crippen molar-refractivity contribution in [2.75, 3.05) is 24.1 Å². The molecule has 5 heteroatoms. The lowest BCUT2D eigenvalue weighted by molar-refractivity contribution is 0.198. The monoisotopic (exact) mass is 190 g/mol. The number of nitrogens with zero attached hydrogens (tertiary/aromatic N) is 3. The van der Waals surface area contributed by atoms with Gasteiger partial charge >= 0.3 is 0 Å². The second kappa shape index (κ2) is 2.68. The average Bonchev–Trinajstić information content (AvgIpc) is 2.61. The van der Waals surface area contributed by atoms with E-state index >= 15 is 0 Å². The summed E-state index contributed by atoms with van der Waals surface area (Å²) in [6.45, 7) is 0.759. The first-order valence-electron chi connectivity index (χ1n) is 4.56. The van der Waals surface area contributed by atoms with E-state index in [1.165, 1.54) is 5.56 Å². The Kier molecular flexibility index (Phi) is 1.49. The summed E-state index contributed by atoms with van der Waals surface area (Å²) < 4.78 is 0. The predicted octanol–water partition coefficient (Wildman–Crippen LogP) is 2.03. The molecule has 14 heavy (non-hydrogen) atoms. The number of benzene rings is 1. The van der Waals surface area contributed by atoms with Crippen molar-refractivity contribution < 1.29 is 4.94 Å². The van der Waals surface area contributed by atoms with Gasteiger partial charge in [-0.2, -0.15) is 15.2 Å². The van der Waals surface area contributed by atoms with Crippen LogP contribution in [0.5, 0.6) is 0 Å². The topological polar surface area (TPSA) is 49.2 Å². The summed E-state index contributed by atoms with van der Waals surface area (Å²) in [4.78, 5) is 5.20. The number of hydroxylamine groups is 1. The molecule has 2 aliphatic heterocycles. The Morgan fingerprint density at radius 1 is 1.50 bits per heavy atom. The Morgan fingerprint density at radius 3 is 3.36 bits per heavy atom. The van der Waals surface area contributed by atoms with E-state index in [-0.39, 0.29) is 0 Å². The minimum Gasteiger partial charge on any atom is -0.239 e. The van der Waals surface area contributed by atoms with Gasteiger partial charge in [0.25, 0.3) is 0 Å². The van der Waals surface area contributed by atoms with Gasteiger partial charge in [0.2, 0.25) is 0 Å². The van der Waals surface area contributed by atoms with Crippen molar-refractivity contribution >= 4 is 17.1 Å². The molecule has 72 valence electrons. The van der Waals surface area contributed by atoms with Gasteiger partial charge in [0.15, 0.2) is 0 Å². The van der Waals surface area contributed by atoms with E-state index in [4.69, 9.17) is 4.94 Å². The van der Waals surface area contributed by atoms with Gasteiger partial charge in [0.1, 0.15) is 0 Å². The van der Waals surface area contributed by atoms with E-state index < -0.39 is 0 Å². The number of rotatable bonds is 0. The SMILES string of the molecule is CN1ONc2c1ccc1c2CCN=N1. The van der Waals surface area contributed by atoms with Crippen LogP contribution < -0.4 is 10.5 Å². The highest BCUT2D eigenvalue weighted by Crippen LogP contribution is 2.40. The third kappa shape index (κ3) is 0.927. The molecule has 0 radical (unpaired) electrons. The molecule has 0 saturated carbocycles. The van der Waals surface area contributed by atoms with E-state index in [0.717, 1.165) is 30.0 Å². The average molecular weight is 190 g/mol. The molecular formula is C9H10N4O. The summed E-state index contributed by atoms with van der Waals surface area (Å²) in [5.41, 5.74) is 7.13. The predicted molar refractivity (Wildman–Crippen MR) is 52.6 cm³/mol. The molecule has 0 unspecified atom stereocenters. The summed E-state index contributed by atoms with van der Waals surface area (Å²) >= 11 is 0. The zero-order valence-corrected chi connectivity index (χ0v) is 7.82. The Labute approximate surface area is 81.3 Å². The second-order valence-corrected chi connectivity index (χ2v) is 3.36. The van der Waals surface area contributed by atoms with E-state index in [9.17, 15) is 0 Å². The van der Waals surface area contributed by atoms with E-state index in [1.54, 1.807) is 5.06 Å². The summed E-state index contributed by atoms with van der Waals surface area (Å²) in [7, 11) is 1.87. The van der Waals surface area contributed by atoms with Crippen molar-refractivity contribution in [3.63, 3.8) is 0 Å². The van der Waals surface area contributed by atoms with Gasteiger partial charge in [-0.1, -0.05) is 0 Å². The molecule has 1 aromatic carbocycles. The van der Waals surface area contributed by atoms with Crippen LogP contribution in [0.1, 0.15) is 5.56 Å². The Balaban J connectivity index is 2.21. The lowest BCUT2D eigenvalue weighted by Gasteiger charge is -2.12. The van der Waals surface area contributed by atoms with Gasteiger partial charge in [0.05, 0.1) is 23.6 Å². The van der Waals surface area contributed by atoms with Crippen LogP contribution in [0.4, 0.5) is 17.1 Å². The Morgan fingerprint density at radius 2 is 2.43 bits per heavy atom. The number of hydrogen-bond acceptors (Lipinski definition) is 5. The van der Waals surface area contributed by atoms with Crippen LogP contribution in [0.3, 0.4) is 0 Å². The first-order chi connectivity index (χ1) is 6.86. The van der Waals surface area contributed by atoms with Crippen LogP contribution >= 0.6 is 0 Å². The van der Waals surface area contributed by atoms with Crippen LogP contribution in [-0.4, -0.2) is 13.6 Å². The standard InChI is InChI=1S/C9H10N4O/c1-13-8-3-2-7-6(4-5-10-11-7)9(8)12-14-13/h2-3,12H,4-5H2,1H3. The molecule has 3 rings (SSSR count). The van der Waals surface area contributed by atoms with Crippen molar-refractivity contribution in [2.45, 2.75) is 6.42 Å². The normalized spacial score (nSPS) is 17.6. The first kappa shape index (κ1) is 7.75. The molecule has 0 saturated heterocycles. The highest BCUT2D eigenvalue weighted by Gasteiger charge is 2.23. The smallest absolute Gasteiger partial charge is 0.0941 e. The molecule has 2 aliphatic rings. The zero-order valence-electron chi connectivity index (χ0n) is 7.82. The fraction of sp³-hybridized carbons (Fsp3) is 0.333. The van der Waals surface area contributed by atoms with Crippen molar-refractivity contribution in [2.24, 2.45) is 10.2 Å². The lowest BCUT2D eigenvalue weighted by atomic mass is 10.1. The molecule has 5 nitrogen and oxygen atoms in total. The van der Waals surface area contributed by atoms with E-state index in [2.05, 4.69) is 15.7 Å². The maximum Gasteiger partial charge on any atom is 0.0941 e. The molecule has 0 aromatic heterocycles. The van der Waals surface area contributed by atoms with Crippen molar-refractivity contribution in [1.29, 1.82) is 0 Å². The minimum atomic E-state index is 0.759. The van der Waals surface area contributed by atoms with Crippen molar-refractivity contribution in [1.82, 2.24) is 0 Å². The van der Waals surface area contributed by atoms with Gasteiger partial charge in [-0.3, -0.25) is 0 Å². The van der Waals surface area contributed by atoms with Crippen LogP contribution in [0.2, 0.25) is 0 Å². The Hall–Kier alpha value is -1.62. The molecule has 0 amide bonds. The summed E-state index contributed by atoms with van der Waals surface area (Å²) in [6, 6.07) is 3.96. The lowest BCUT2D eigenvalue weighted by Crippen LogP contribution is -2.12. The van der Waals surface area contributed by atoms with Gasteiger partial charge < -0.3 is 0 Å². The highest BCUT2D eigenvalue weighted by atomic mass is 16.8. The van der Waals surface area contributed by atoms with Crippen LogP contribution in [-0.2, 0) is 11.4 Å². The van der Waals surface area contributed by atoms with Gasteiger partial charge in [-0.05, 0) is 18.6 Å². The molecule has 0 atom stereocenters. The number of anilines is 2. The van der Waals surface area contributed by atoms with Crippen LogP contribution in [0, 0.1) is 0 Å². The third-order valence-electron chi connectivity index (χ3n) is 2.53. The molecule has 0 fully saturated rings. The number of nitrogens with one attached hydrogen (secondary N) is 1. The number of hydrogen-bond donors (Lipinski definition) is 1. The molecular weight excluding hydrogens is 180 g/mol. The van der Waals surface area contributed by atoms with Crippen LogP contribution in [0.25, 0.3) is 0 Å². The summed E-state index contributed by atoms with van der Waals surface area (Å²) in [5, 5.41) is 9.82. The zero-order chi connectivity index (χ0) is 9.54. The maximum atomic E-state index is 5.20. The summed E-state index contributed by atoms with van der Waals surface area (Å²) in [5.74, 6) is 0. The largest absolute Gasteiger partial charge is 0.239 e. The fourth-order valence-corrected chi connectivity index (χ4v) is 1.80. The minimum absolute atomic E-state index is 0.759. The first-order valence-corrected chi connectivity index (χ1v) is 4.56. The van der Waals surface area contributed by atoms with Crippen molar-refractivity contribution in [3.8, 4) is 0 Å². The Bertz CT molecular complexity index is 416. The van der Waals surface area contributed by atoms with Gasteiger partial charge in [-0.15, -0.1) is 0 Å². The third-order valence-corrected chi connectivity index (χ3v) is 2.53. The molecule has 1 aromatic rings.